The number of hydrogen-bond acceptors (Lipinski definition) is 29. The van der Waals surface area contributed by atoms with E-state index in [4.69, 9.17) is 47.4 Å². The van der Waals surface area contributed by atoms with Crippen LogP contribution in [0.4, 0.5) is 9.59 Å². The molecule has 102 heavy (non-hydrogen) atoms. The van der Waals surface area contributed by atoms with Gasteiger partial charge in [-0.2, -0.15) is 0 Å². The van der Waals surface area contributed by atoms with Crippen LogP contribution in [-0.2, 0) is 55.5 Å². The normalized spacial score (nSPS) is 29.3. The quantitative estimate of drug-likeness (QED) is 0.0552. The fraction of sp³-hybridized carbons (Fsp3) is 0.563. The van der Waals surface area contributed by atoms with Crippen LogP contribution in [0.15, 0.2) is 36.4 Å². The van der Waals surface area contributed by atoms with Gasteiger partial charge in [0, 0.05) is 130 Å². The average molecular weight is 1430 g/mol. The maximum atomic E-state index is 13.9. The van der Waals surface area contributed by atoms with E-state index in [0.29, 0.717) is 39.3 Å². The second-order valence-electron chi connectivity index (χ2n) is 28.2. The van der Waals surface area contributed by atoms with Gasteiger partial charge in [0.15, 0.2) is 29.9 Å². The largest absolute Gasteiger partial charge is 0.507 e. The Bertz CT molecular complexity index is 4000. The lowest BCUT2D eigenvalue weighted by molar-refractivity contribution is -0.262. The zero-order valence-electron chi connectivity index (χ0n) is 57.6. The third kappa shape index (κ3) is 13.1. The Morgan fingerprint density at radius 2 is 1.15 bits per heavy atom. The van der Waals surface area contributed by atoms with E-state index in [1.807, 2.05) is 4.90 Å². The highest BCUT2D eigenvalue weighted by Crippen LogP contribution is 2.56. The van der Waals surface area contributed by atoms with Crippen LogP contribution in [0.25, 0.3) is 0 Å². The van der Waals surface area contributed by atoms with E-state index in [-0.39, 0.29) is 101 Å². The van der Waals surface area contributed by atoms with E-state index in [2.05, 4.69) is 4.90 Å². The molecule has 10 N–H and O–H groups in total. The fourth-order valence-electron chi connectivity index (χ4n) is 15.8. The minimum atomic E-state index is -2.26. The Hall–Kier alpha value is -7.99. The molecule has 4 aromatic rings. The van der Waals surface area contributed by atoms with Crippen molar-refractivity contribution in [3.8, 4) is 34.5 Å². The molecule has 31 nitrogen and oxygen atoms in total. The number of rotatable bonds is 14. The van der Waals surface area contributed by atoms with Crippen molar-refractivity contribution in [2.45, 2.75) is 164 Å². The first kappa shape index (κ1) is 73.8. The molecule has 5 aliphatic heterocycles. The average Bonchev–Trinajstić information content (AvgIpc) is 1.22. The molecule has 0 bridgehead atoms. The summed E-state index contributed by atoms with van der Waals surface area (Å²) < 4.78 is 57.9. The number of Topliss-reactive ketones (excluding diaryl/α,β-unsaturated/α-hetero) is 1. The van der Waals surface area contributed by atoms with Crippen molar-refractivity contribution in [3.63, 3.8) is 0 Å². The topological polar surface area (TPSA) is 427 Å². The molecule has 0 radical (unpaired) electrons. The standard InChI is InChI=1S/C36H46N2O13.C35H40N2O14/c1-17-29(41)20(37-9-11-38(12-10-37)34(46)51-35(2,3)4)13-24(49-17)50-22-15-36(47,23(40)16-39)14-19-26(22)33(45)28-27(31(19)43)30(42)18-7-6-8-21(48-5)25(18)32(28)44;1-16-33-19(37-8-7-36(14-23(37)51-33)34(44)48-10-9-46-2)11-24(49-16)50-21-13-35(45,22(39)15-38)12-18-26(21)32(43)28-27(30(18)41)29(40)17-5-4-6-20(47-3)25(17)31(28)42/h6-8,17,20,22-24,29,39-41,43,45,47H,9-16H2,1-5H3;4-6,16,19,21,23-24,33,38,41,43,45H,7-15H2,1-3H3/t17-,20?,22-,23?,24-,29+,36-;16-,19?,21+,23?,24+,33?,35+/m01/s1. The number of fused-ring (bicyclic) bond motifs is 9. The molecule has 31 heteroatoms. The highest BCUT2D eigenvalue weighted by Gasteiger charge is 2.56. The van der Waals surface area contributed by atoms with Gasteiger partial charge < -0.3 is 108 Å². The number of aliphatic hydroxyl groups is 6. The number of phenols is 4. The summed E-state index contributed by atoms with van der Waals surface area (Å²) in [6.45, 7) is 10.1. The van der Waals surface area contributed by atoms with Crippen molar-refractivity contribution in [1.82, 2.24) is 19.6 Å². The number of aliphatic hydroxyl groups excluding tert-OH is 4. The van der Waals surface area contributed by atoms with Gasteiger partial charge in [-0.3, -0.25) is 33.8 Å². The molecular weight excluding hydrogens is 1340 g/mol. The van der Waals surface area contributed by atoms with Crippen molar-refractivity contribution in [3.05, 3.63) is 103 Å². The van der Waals surface area contributed by atoms with Crippen LogP contribution in [0.1, 0.15) is 158 Å². The van der Waals surface area contributed by atoms with Crippen LogP contribution in [0.5, 0.6) is 34.5 Å². The zero-order valence-corrected chi connectivity index (χ0v) is 57.6. The van der Waals surface area contributed by atoms with Crippen LogP contribution < -0.4 is 9.47 Å². The van der Waals surface area contributed by atoms with Crippen LogP contribution in [0.2, 0.25) is 0 Å². The van der Waals surface area contributed by atoms with Gasteiger partial charge in [-0.15, -0.1) is 0 Å². The van der Waals surface area contributed by atoms with E-state index in [0.717, 1.165) is 0 Å². The summed E-state index contributed by atoms with van der Waals surface area (Å²) >= 11 is 0. The van der Waals surface area contributed by atoms with Gasteiger partial charge in [-0.05, 0) is 46.8 Å². The van der Waals surface area contributed by atoms with E-state index < -0.39 is 204 Å². The van der Waals surface area contributed by atoms with Gasteiger partial charge in [0.05, 0.1) is 103 Å². The first-order chi connectivity index (χ1) is 48.4. The summed E-state index contributed by atoms with van der Waals surface area (Å²) in [5.74, 6) is -6.45. The van der Waals surface area contributed by atoms with E-state index >= 15 is 0 Å². The molecular formula is C71H86N4O27. The number of nitrogens with zero attached hydrogens (tertiary/aromatic N) is 4. The maximum Gasteiger partial charge on any atom is 0.410 e. The number of amides is 2. The Morgan fingerprint density at radius 3 is 1.68 bits per heavy atom. The van der Waals surface area contributed by atoms with Crippen LogP contribution in [0.3, 0.4) is 0 Å². The van der Waals surface area contributed by atoms with Crippen molar-refractivity contribution in [2.75, 3.05) is 93.6 Å². The number of piperazine rings is 2. The number of ether oxygens (including phenoxy) is 10. The van der Waals surface area contributed by atoms with Gasteiger partial charge in [-0.25, -0.2) is 9.59 Å². The molecule has 0 saturated carbocycles. The molecule has 4 aromatic carbocycles. The number of carbonyl (C=O) groups excluding carboxylic acids is 7. The molecule has 4 aliphatic carbocycles. The lowest BCUT2D eigenvalue weighted by Crippen LogP contribution is -2.60. The van der Waals surface area contributed by atoms with Gasteiger partial charge in [-0.1, -0.05) is 24.3 Å². The van der Waals surface area contributed by atoms with Crippen molar-refractivity contribution >= 4 is 41.1 Å². The molecule has 2 amide bonds. The number of carbonyl (C=O) groups is 7. The number of ketones is 5. The number of phenolic OH excluding ortho intramolecular Hbond substituents is 4. The molecule has 14 atom stereocenters. The summed E-state index contributed by atoms with van der Waals surface area (Å²) in [5.41, 5.74) is -7.57. The second kappa shape index (κ2) is 28.6. The lowest BCUT2D eigenvalue weighted by atomic mass is 9.71. The van der Waals surface area contributed by atoms with Gasteiger partial charge in [0.2, 0.25) is 11.6 Å². The Morgan fingerprint density at radius 1 is 0.627 bits per heavy atom. The predicted molar refractivity (Wildman–Crippen MR) is 350 cm³/mol. The molecule has 552 valence electrons. The predicted octanol–water partition coefficient (Wildman–Crippen LogP) is 2.19. The smallest absolute Gasteiger partial charge is 0.410 e. The lowest BCUT2D eigenvalue weighted by Gasteiger charge is -2.47. The van der Waals surface area contributed by atoms with Crippen molar-refractivity contribution < 1.29 is 132 Å². The van der Waals surface area contributed by atoms with Crippen LogP contribution in [-0.4, -0.2) is 284 Å². The Labute approximate surface area is 585 Å². The highest BCUT2D eigenvalue weighted by atomic mass is 16.7. The third-order valence-electron chi connectivity index (χ3n) is 20.9. The molecule has 5 heterocycles. The number of methoxy groups -OCH3 is 3. The van der Waals surface area contributed by atoms with E-state index in [1.54, 1.807) is 44.4 Å². The summed E-state index contributed by atoms with van der Waals surface area (Å²) in [4.78, 5) is 101. The molecule has 5 unspecified atom stereocenters. The van der Waals surface area contributed by atoms with E-state index in [1.165, 1.54) is 57.7 Å². The fourth-order valence-corrected chi connectivity index (χ4v) is 15.8. The third-order valence-corrected chi connectivity index (χ3v) is 20.9. The summed E-state index contributed by atoms with van der Waals surface area (Å²) in [6, 6.07) is 8.11. The molecule has 0 spiro atoms. The van der Waals surface area contributed by atoms with E-state index in [9.17, 15) is 84.6 Å². The summed E-state index contributed by atoms with van der Waals surface area (Å²) in [7, 11) is 4.18. The van der Waals surface area contributed by atoms with Gasteiger partial charge in [0.25, 0.3) is 0 Å². The monoisotopic (exact) mass is 1430 g/mol. The minimum absolute atomic E-state index is 0.0446. The number of aromatic hydroxyl groups is 4. The Kier molecular flexibility index (Phi) is 20.7. The van der Waals surface area contributed by atoms with Crippen molar-refractivity contribution in [1.29, 1.82) is 0 Å². The Balaban J connectivity index is 0.000000193. The zero-order chi connectivity index (χ0) is 73.5. The van der Waals surface area contributed by atoms with Gasteiger partial charge >= 0.3 is 12.2 Å². The SMILES string of the molecule is COCCOC(=O)N1CCN2C(C1)OC1C2C[C@H](O[C@H]2C[C@](O)(C(=O)CO)Cc3c(O)c4c(c(O)c32)C(=O)c2c(OC)cccc2C4=O)O[C@@H]1C.COc1cccc2c1C(=O)c1c(O)c3c(c(O)c1C2=O)C[C@@](O)(C(O)CO)C[C@@H]3O[C@H]1CC(N2CCN(C(=O)OC(C)(C)C)CC2)[C@H](O)[C@H](C)O1. The highest BCUT2D eigenvalue weighted by molar-refractivity contribution is 6.32. The molecule has 13 rings (SSSR count). The molecule has 5 saturated heterocycles. The van der Waals surface area contributed by atoms with Crippen molar-refractivity contribution in [2.24, 2.45) is 0 Å². The number of hydrogen-bond donors (Lipinski definition) is 10. The minimum Gasteiger partial charge on any atom is -0.507 e. The first-order valence-corrected chi connectivity index (χ1v) is 33.9. The number of benzene rings is 4. The summed E-state index contributed by atoms with van der Waals surface area (Å²) in [6.07, 6.45) is -11.9. The second-order valence-corrected chi connectivity index (χ2v) is 28.2. The van der Waals surface area contributed by atoms with Gasteiger partial charge in [0.1, 0.15) is 77.3 Å². The van der Waals surface area contributed by atoms with Crippen LogP contribution >= 0.6 is 0 Å². The summed E-state index contributed by atoms with van der Waals surface area (Å²) in [5, 5.41) is 112. The molecule has 9 aliphatic rings. The maximum absolute atomic E-state index is 13.9. The molecule has 5 fully saturated rings. The molecule has 0 aromatic heterocycles. The van der Waals surface area contributed by atoms with Crippen LogP contribution in [0, 0.1) is 0 Å². The first-order valence-electron chi connectivity index (χ1n) is 33.9.